The molecule has 0 spiro atoms. The predicted molar refractivity (Wildman–Crippen MR) is 84.0 cm³/mol. The quantitative estimate of drug-likeness (QED) is 0.943. The second-order valence-electron chi connectivity index (χ2n) is 5.72. The molecule has 0 bridgehead atoms. The van der Waals surface area contributed by atoms with Crippen LogP contribution in [0.5, 0.6) is 5.75 Å². The molecule has 1 aromatic heterocycles. The van der Waals surface area contributed by atoms with Gasteiger partial charge in [-0.25, -0.2) is 0 Å². The normalized spacial score (nSPS) is 16.2. The van der Waals surface area contributed by atoms with Gasteiger partial charge in [0.15, 0.2) is 0 Å². The first kappa shape index (κ1) is 14.6. The fourth-order valence-corrected chi connectivity index (χ4v) is 2.85. The molecule has 2 aromatic rings. The number of amides is 1. The molecule has 22 heavy (non-hydrogen) atoms. The molecule has 116 valence electrons. The maximum Gasteiger partial charge on any atom is 0.255 e. The zero-order valence-corrected chi connectivity index (χ0v) is 13.2. The van der Waals surface area contributed by atoms with Gasteiger partial charge >= 0.3 is 0 Å². The van der Waals surface area contributed by atoms with Crippen LogP contribution in [0.2, 0.25) is 0 Å². The van der Waals surface area contributed by atoms with Gasteiger partial charge in [0, 0.05) is 25.2 Å². The number of hydrogen-bond acceptors (Lipinski definition) is 3. The molecule has 1 aromatic carbocycles. The van der Waals surface area contributed by atoms with Crippen LogP contribution in [0.1, 0.15) is 41.0 Å². The molecule has 0 fully saturated rings. The van der Waals surface area contributed by atoms with Gasteiger partial charge in [0.1, 0.15) is 11.9 Å². The number of rotatable bonds is 4. The Bertz CT molecular complexity index is 706. The van der Waals surface area contributed by atoms with Crippen molar-refractivity contribution < 1.29 is 9.53 Å². The molecular formula is C17H21N3O2. The zero-order valence-electron chi connectivity index (χ0n) is 13.2. The van der Waals surface area contributed by atoms with Gasteiger partial charge < -0.3 is 10.1 Å². The summed E-state index contributed by atoms with van der Waals surface area (Å²) in [5.41, 5.74) is 3.84. The van der Waals surface area contributed by atoms with Crippen LogP contribution in [-0.4, -0.2) is 21.8 Å². The summed E-state index contributed by atoms with van der Waals surface area (Å²) in [5, 5.41) is 7.17. The Hall–Kier alpha value is -2.30. The van der Waals surface area contributed by atoms with E-state index in [1.807, 2.05) is 30.7 Å². The lowest BCUT2D eigenvalue weighted by Crippen LogP contribution is -2.23. The van der Waals surface area contributed by atoms with E-state index in [0.717, 1.165) is 30.0 Å². The monoisotopic (exact) mass is 299 g/mol. The van der Waals surface area contributed by atoms with Crippen molar-refractivity contribution in [2.45, 2.75) is 46.4 Å². The maximum absolute atomic E-state index is 12.3. The van der Waals surface area contributed by atoms with Crippen molar-refractivity contribution in [1.29, 1.82) is 0 Å². The number of carbonyl (C=O) groups excluding carboxylic acids is 1. The largest absolute Gasteiger partial charge is 0.490 e. The van der Waals surface area contributed by atoms with Crippen LogP contribution < -0.4 is 10.1 Å². The van der Waals surface area contributed by atoms with Crippen molar-refractivity contribution in [3.63, 3.8) is 0 Å². The summed E-state index contributed by atoms with van der Waals surface area (Å²) in [6.45, 7) is 7.27. The number of carbonyl (C=O) groups is 1. The Morgan fingerprint density at radius 1 is 1.50 bits per heavy atom. The predicted octanol–water partition coefficient (Wildman–Crippen LogP) is 2.46. The van der Waals surface area contributed by atoms with E-state index in [0.29, 0.717) is 12.1 Å². The van der Waals surface area contributed by atoms with Crippen molar-refractivity contribution in [1.82, 2.24) is 15.1 Å². The van der Waals surface area contributed by atoms with E-state index in [1.54, 1.807) is 6.20 Å². The summed E-state index contributed by atoms with van der Waals surface area (Å²) < 4.78 is 7.51. The highest BCUT2D eigenvalue weighted by atomic mass is 16.5. The summed E-state index contributed by atoms with van der Waals surface area (Å²) in [6.07, 6.45) is 2.80. The third kappa shape index (κ3) is 2.71. The number of benzene rings is 1. The standard InChI is InChI=1S/C17H21N3O2/c1-4-20-12(3)15(10-19-20)17(21)18-9-13-5-6-16-14(8-13)7-11(2)22-16/h5-6,8,10-11H,4,7,9H2,1-3H3,(H,18,21)/t11-/m0/s1. The van der Waals surface area contributed by atoms with Gasteiger partial charge in [-0.15, -0.1) is 0 Å². The van der Waals surface area contributed by atoms with Gasteiger partial charge in [0.05, 0.1) is 11.8 Å². The van der Waals surface area contributed by atoms with Crippen LogP contribution in [0.15, 0.2) is 24.4 Å². The lowest BCUT2D eigenvalue weighted by molar-refractivity contribution is 0.0950. The van der Waals surface area contributed by atoms with E-state index in [1.165, 1.54) is 5.56 Å². The van der Waals surface area contributed by atoms with Gasteiger partial charge in [-0.1, -0.05) is 12.1 Å². The molecular weight excluding hydrogens is 278 g/mol. The first-order valence-corrected chi connectivity index (χ1v) is 7.67. The average Bonchev–Trinajstić information content (AvgIpc) is 3.05. The van der Waals surface area contributed by atoms with Gasteiger partial charge in [0.2, 0.25) is 0 Å². The number of aromatic nitrogens is 2. The first-order valence-electron chi connectivity index (χ1n) is 7.67. The fraction of sp³-hybridized carbons (Fsp3) is 0.412. The van der Waals surface area contributed by atoms with Crippen molar-refractivity contribution in [2.24, 2.45) is 0 Å². The molecule has 0 saturated heterocycles. The van der Waals surface area contributed by atoms with Crippen LogP contribution >= 0.6 is 0 Å². The molecule has 0 aliphatic carbocycles. The summed E-state index contributed by atoms with van der Waals surface area (Å²) in [4.78, 5) is 12.3. The molecule has 5 heteroatoms. The van der Waals surface area contributed by atoms with Crippen molar-refractivity contribution in [2.75, 3.05) is 0 Å². The topological polar surface area (TPSA) is 56.2 Å². The van der Waals surface area contributed by atoms with Crippen molar-refractivity contribution in [3.8, 4) is 5.75 Å². The lowest BCUT2D eigenvalue weighted by Gasteiger charge is -2.07. The molecule has 5 nitrogen and oxygen atoms in total. The van der Waals surface area contributed by atoms with Gasteiger partial charge in [-0.2, -0.15) is 5.10 Å². The molecule has 1 atom stereocenters. The van der Waals surface area contributed by atoms with E-state index in [9.17, 15) is 4.79 Å². The molecule has 3 rings (SSSR count). The molecule has 1 N–H and O–H groups in total. The Morgan fingerprint density at radius 3 is 3.05 bits per heavy atom. The van der Waals surface area contributed by atoms with E-state index in [4.69, 9.17) is 4.74 Å². The van der Waals surface area contributed by atoms with E-state index in [2.05, 4.69) is 23.4 Å². The third-order valence-electron chi connectivity index (χ3n) is 4.06. The van der Waals surface area contributed by atoms with Gasteiger partial charge in [-0.3, -0.25) is 9.48 Å². The van der Waals surface area contributed by atoms with Gasteiger partial charge in [0.25, 0.3) is 5.91 Å². The number of hydrogen-bond donors (Lipinski definition) is 1. The van der Waals surface area contributed by atoms with Crippen LogP contribution in [0.4, 0.5) is 0 Å². The van der Waals surface area contributed by atoms with Crippen LogP contribution in [0.25, 0.3) is 0 Å². The molecule has 1 aliphatic heterocycles. The Balaban J connectivity index is 1.66. The van der Waals surface area contributed by atoms with Crippen LogP contribution in [0, 0.1) is 6.92 Å². The third-order valence-corrected chi connectivity index (χ3v) is 4.06. The Labute approximate surface area is 130 Å². The Morgan fingerprint density at radius 2 is 2.32 bits per heavy atom. The maximum atomic E-state index is 12.3. The highest BCUT2D eigenvalue weighted by Gasteiger charge is 2.19. The molecule has 0 radical (unpaired) electrons. The number of aryl methyl sites for hydroxylation is 1. The second kappa shape index (κ2) is 5.83. The smallest absolute Gasteiger partial charge is 0.255 e. The highest BCUT2D eigenvalue weighted by molar-refractivity contribution is 5.94. The zero-order chi connectivity index (χ0) is 15.7. The van der Waals surface area contributed by atoms with E-state index in [-0.39, 0.29) is 12.0 Å². The van der Waals surface area contributed by atoms with Crippen LogP contribution in [-0.2, 0) is 19.5 Å². The number of fused-ring (bicyclic) bond motifs is 1. The molecule has 1 amide bonds. The number of nitrogens with zero attached hydrogens (tertiary/aromatic N) is 2. The minimum atomic E-state index is -0.0812. The number of nitrogens with one attached hydrogen (secondary N) is 1. The number of ether oxygens (including phenoxy) is 1. The molecule has 0 saturated carbocycles. The lowest BCUT2D eigenvalue weighted by atomic mass is 10.1. The molecule has 1 aliphatic rings. The minimum Gasteiger partial charge on any atom is -0.490 e. The van der Waals surface area contributed by atoms with Crippen molar-refractivity contribution >= 4 is 5.91 Å². The van der Waals surface area contributed by atoms with E-state index >= 15 is 0 Å². The molecule has 2 heterocycles. The highest BCUT2D eigenvalue weighted by Crippen LogP contribution is 2.29. The fourth-order valence-electron chi connectivity index (χ4n) is 2.85. The summed E-state index contributed by atoms with van der Waals surface area (Å²) in [5.74, 6) is 0.880. The first-order chi connectivity index (χ1) is 10.6. The van der Waals surface area contributed by atoms with E-state index < -0.39 is 0 Å². The Kier molecular flexibility index (Phi) is 3.88. The van der Waals surface area contributed by atoms with Gasteiger partial charge in [-0.05, 0) is 38.0 Å². The second-order valence-corrected chi connectivity index (χ2v) is 5.72. The van der Waals surface area contributed by atoms with Crippen molar-refractivity contribution in [3.05, 3.63) is 46.8 Å². The average molecular weight is 299 g/mol. The minimum absolute atomic E-state index is 0.0812. The SMILES string of the molecule is CCn1ncc(C(=O)NCc2ccc3c(c2)C[C@H](C)O3)c1C. The summed E-state index contributed by atoms with van der Waals surface area (Å²) in [7, 11) is 0. The summed E-state index contributed by atoms with van der Waals surface area (Å²) >= 11 is 0. The molecule has 0 unspecified atom stereocenters. The van der Waals surface area contributed by atoms with Crippen LogP contribution in [0.3, 0.4) is 0 Å². The summed E-state index contributed by atoms with van der Waals surface area (Å²) in [6, 6.07) is 6.10.